The summed E-state index contributed by atoms with van der Waals surface area (Å²) >= 11 is 11.9. The summed E-state index contributed by atoms with van der Waals surface area (Å²) in [5.74, 6) is 0.387. The summed E-state index contributed by atoms with van der Waals surface area (Å²) in [6.45, 7) is 4.17. The molecule has 0 spiro atoms. The highest BCUT2D eigenvalue weighted by Gasteiger charge is 2.24. The molecule has 0 fully saturated rings. The maximum Gasteiger partial charge on any atom is 0.265 e. The van der Waals surface area contributed by atoms with E-state index in [2.05, 4.69) is 13.8 Å². The van der Waals surface area contributed by atoms with Crippen molar-refractivity contribution in [1.82, 2.24) is 0 Å². The second kappa shape index (κ2) is 6.49. The Labute approximate surface area is 141 Å². The maximum atomic E-state index is 12.7. The molecule has 0 saturated carbocycles. The Hall–Kier alpha value is -1.23. The molecule has 0 heterocycles. The van der Waals surface area contributed by atoms with Crippen LogP contribution in [0.15, 0.2) is 47.4 Å². The molecule has 0 bridgehead atoms. The van der Waals surface area contributed by atoms with Gasteiger partial charge < -0.3 is 0 Å². The van der Waals surface area contributed by atoms with Gasteiger partial charge in [-0.15, -0.1) is 0 Å². The quantitative estimate of drug-likeness (QED) is 0.776. The van der Waals surface area contributed by atoms with Gasteiger partial charge in [-0.2, -0.15) is 0 Å². The Morgan fingerprint density at radius 1 is 1.00 bits per heavy atom. The third kappa shape index (κ3) is 3.40. The third-order valence-electron chi connectivity index (χ3n) is 3.46. The molecule has 0 N–H and O–H groups in total. The summed E-state index contributed by atoms with van der Waals surface area (Å²) < 4.78 is 26.6. The topological polar surface area (TPSA) is 37.4 Å². The van der Waals surface area contributed by atoms with Crippen molar-refractivity contribution in [2.45, 2.75) is 24.7 Å². The van der Waals surface area contributed by atoms with Crippen LogP contribution in [0.3, 0.4) is 0 Å². The van der Waals surface area contributed by atoms with E-state index in [0.717, 1.165) is 5.56 Å². The predicted molar refractivity (Wildman–Crippen MR) is 92.6 cm³/mol. The molecule has 0 aliphatic carbocycles. The molecule has 0 aliphatic rings. The largest absolute Gasteiger partial charge is 0.269 e. The second-order valence-electron chi connectivity index (χ2n) is 5.29. The molecular formula is C16H17Cl2NO2S. The average Bonchev–Trinajstić information content (AvgIpc) is 2.48. The number of hydrogen-bond donors (Lipinski definition) is 0. The van der Waals surface area contributed by atoms with Gasteiger partial charge in [0.1, 0.15) is 4.90 Å². The summed E-state index contributed by atoms with van der Waals surface area (Å²) in [7, 11) is -2.26. The van der Waals surface area contributed by atoms with E-state index in [4.69, 9.17) is 23.2 Å². The molecule has 0 unspecified atom stereocenters. The standard InChI is InChI=1S/C16H17Cl2NO2S/c1-11(2)12-4-7-14(8-5-12)19(3)22(20,21)16-10-13(17)6-9-15(16)18/h4-11H,1-3H3. The molecule has 118 valence electrons. The van der Waals surface area contributed by atoms with Gasteiger partial charge in [0, 0.05) is 12.1 Å². The summed E-state index contributed by atoms with van der Waals surface area (Å²) in [4.78, 5) is -0.00268. The number of rotatable bonds is 4. The van der Waals surface area contributed by atoms with Crippen LogP contribution >= 0.6 is 23.2 Å². The summed E-state index contributed by atoms with van der Waals surface area (Å²) in [5.41, 5.74) is 1.72. The number of halogens is 2. The van der Waals surface area contributed by atoms with Gasteiger partial charge >= 0.3 is 0 Å². The van der Waals surface area contributed by atoms with Crippen molar-refractivity contribution in [3.05, 3.63) is 58.1 Å². The van der Waals surface area contributed by atoms with E-state index in [1.807, 2.05) is 12.1 Å². The maximum absolute atomic E-state index is 12.7. The molecule has 0 radical (unpaired) electrons. The molecule has 0 aliphatic heterocycles. The smallest absolute Gasteiger partial charge is 0.265 e. The van der Waals surface area contributed by atoms with Gasteiger partial charge in [-0.05, 0) is 41.8 Å². The molecule has 0 aromatic heterocycles. The molecule has 2 aromatic rings. The molecule has 6 heteroatoms. The molecule has 0 atom stereocenters. The zero-order chi connectivity index (χ0) is 16.5. The van der Waals surface area contributed by atoms with Crippen molar-refractivity contribution in [1.29, 1.82) is 0 Å². The fourth-order valence-electron chi connectivity index (χ4n) is 2.03. The molecule has 2 aromatic carbocycles. The van der Waals surface area contributed by atoms with Crippen molar-refractivity contribution < 1.29 is 8.42 Å². The monoisotopic (exact) mass is 357 g/mol. The Bertz CT molecular complexity index is 771. The molecular weight excluding hydrogens is 341 g/mol. The Kier molecular flexibility index (Phi) is 5.05. The minimum Gasteiger partial charge on any atom is -0.269 e. The van der Waals surface area contributed by atoms with Crippen molar-refractivity contribution in [3.63, 3.8) is 0 Å². The Morgan fingerprint density at radius 2 is 1.59 bits per heavy atom. The van der Waals surface area contributed by atoms with E-state index < -0.39 is 10.0 Å². The van der Waals surface area contributed by atoms with Gasteiger partial charge in [0.15, 0.2) is 0 Å². The van der Waals surface area contributed by atoms with Crippen molar-refractivity contribution in [3.8, 4) is 0 Å². The van der Waals surface area contributed by atoms with Crippen LogP contribution in [0, 0.1) is 0 Å². The molecule has 3 nitrogen and oxygen atoms in total. The first-order chi connectivity index (χ1) is 10.2. The first kappa shape index (κ1) is 17.1. The highest BCUT2D eigenvalue weighted by Crippen LogP contribution is 2.30. The molecule has 0 saturated heterocycles. The molecule has 2 rings (SSSR count). The summed E-state index contributed by atoms with van der Waals surface area (Å²) in [5, 5.41) is 0.474. The summed E-state index contributed by atoms with van der Waals surface area (Å²) in [6, 6.07) is 11.8. The highest BCUT2D eigenvalue weighted by atomic mass is 35.5. The predicted octanol–water partition coefficient (Wildman–Crippen LogP) is 4.94. The minimum absolute atomic E-state index is 0.00268. The molecule has 0 amide bonds. The molecule has 22 heavy (non-hydrogen) atoms. The lowest BCUT2D eigenvalue weighted by molar-refractivity contribution is 0.594. The fraction of sp³-hybridized carbons (Fsp3) is 0.250. The number of benzene rings is 2. The SMILES string of the molecule is CC(C)c1ccc(N(C)S(=O)(=O)c2cc(Cl)ccc2Cl)cc1. The van der Waals surface area contributed by atoms with Crippen molar-refractivity contribution in [2.75, 3.05) is 11.4 Å². The van der Waals surface area contributed by atoms with Crippen LogP contribution in [-0.2, 0) is 10.0 Å². The highest BCUT2D eigenvalue weighted by molar-refractivity contribution is 7.93. The lowest BCUT2D eigenvalue weighted by Gasteiger charge is -2.21. The Balaban J connectivity index is 2.42. The van der Waals surface area contributed by atoms with E-state index >= 15 is 0 Å². The fourth-order valence-corrected chi connectivity index (χ4v) is 3.96. The number of sulfonamides is 1. The van der Waals surface area contributed by atoms with E-state index in [0.29, 0.717) is 16.6 Å². The lowest BCUT2D eigenvalue weighted by atomic mass is 10.0. The van der Waals surface area contributed by atoms with E-state index in [1.165, 1.54) is 23.5 Å². The van der Waals surface area contributed by atoms with Crippen molar-refractivity contribution >= 4 is 38.9 Å². The van der Waals surface area contributed by atoms with Gasteiger partial charge in [-0.3, -0.25) is 4.31 Å². The Morgan fingerprint density at radius 3 is 2.14 bits per heavy atom. The van der Waals surface area contributed by atoms with Gasteiger partial charge in [0.2, 0.25) is 0 Å². The minimum atomic E-state index is -3.76. The van der Waals surface area contributed by atoms with E-state index in [1.54, 1.807) is 18.2 Å². The third-order valence-corrected chi connectivity index (χ3v) is 5.96. The van der Waals surface area contributed by atoms with Crippen LogP contribution < -0.4 is 4.31 Å². The zero-order valence-corrected chi connectivity index (χ0v) is 14.9. The number of nitrogens with zero attached hydrogens (tertiary/aromatic N) is 1. The zero-order valence-electron chi connectivity index (χ0n) is 12.5. The average molecular weight is 358 g/mol. The van der Waals surface area contributed by atoms with Gasteiger partial charge in [-0.25, -0.2) is 8.42 Å². The van der Waals surface area contributed by atoms with Crippen LogP contribution in [0.5, 0.6) is 0 Å². The van der Waals surface area contributed by atoms with Crippen LogP contribution in [0.25, 0.3) is 0 Å². The van der Waals surface area contributed by atoms with E-state index in [-0.39, 0.29) is 9.92 Å². The first-order valence-corrected chi connectivity index (χ1v) is 8.97. The van der Waals surface area contributed by atoms with Crippen LogP contribution in [-0.4, -0.2) is 15.5 Å². The second-order valence-corrected chi connectivity index (χ2v) is 8.07. The van der Waals surface area contributed by atoms with Crippen LogP contribution in [0.4, 0.5) is 5.69 Å². The number of hydrogen-bond acceptors (Lipinski definition) is 2. The van der Waals surface area contributed by atoms with E-state index in [9.17, 15) is 8.42 Å². The van der Waals surface area contributed by atoms with Gasteiger partial charge in [0.25, 0.3) is 10.0 Å². The van der Waals surface area contributed by atoms with Gasteiger partial charge in [-0.1, -0.05) is 49.2 Å². The lowest BCUT2D eigenvalue weighted by Crippen LogP contribution is -2.26. The normalized spacial score (nSPS) is 11.7. The van der Waals surface area contributed by atoms with Gasteiger partial charge in [0.05, 0.1) is 10.7 Å². The van der Waals surface area contributed by atoms with Crippen LogP contribution in [0.1, 0.15) is 25.3 Å². The van der Waals surface area contributed by atoms with Crippen LogP contribution in [0.2, 0.25) is 10.0 Å². The number of anilines is 1. The van der Waals surface area contributed by atoms with Crippen molar-refractivity contribution in [2.24, 2.45) is 0 Å². The summed E-state index contributed by atoms with van der Waals surface area (Å²) in [6.07, 6.45) is 0. The first-order valence-electron chi connectivity index (χ1n) is 6.77.